The molecule has 7 nitrogen and oxygen atoms in total. The highest BCUT2D eigenvalue weighted by atomic mass is 32.2. The average molecular weight is 434 g/mol. The SMILES string of the molecule is CCCn1c(COc2ccc(C(C)=O)c(F)c2)nc2cc(S(=O)(=O)N(C)C)ccc21. The van der Waals surface area contributed by atoms with E-state index in [2.05, 4.69) is 4.98 Å². The Morgan fingerprint density at radius 1 is 1.20 bits per heavy atom. The van der Waals surface area contributed by atoms with Gasteiger partial charge in [0.2, 0.25) is 10.0 Å². The van der Waals surface area contributed by atoms with Crippen LogP contribution in [0.4, 0.5) is 4.39 Å². The summed E-state index contributed by atoms with van der Waals surface area (Å²) in [5.41, 5.74) is 1.35. The first-order chi connectivity index (χ1) is 14.1. The summed E-state index contributed by atoms with van der Waals surface area (Å²) in [4.78, 5) is 16.1. The Morgan fingerprint density at radius 3 is 2.53 bits per heavy atom. The van der Waals surface area contributed by atoms with Gasteiger partial charge in [-0.25, -0.2) is 22.1 Å². The van der Waals surface area contributed by atoms with E-state index in [9.17, 15) is 17.6 Å². The van der Waals surface area contributed by atoms with Crippen molar-refractivity contribution in [3.63, 3.8) is 0 Å². The summed E-state index contributed by atoms with van der Waals surface area (Å²) < 4.78 is 47.7. The van der Waals surface area contributed by atoms with Crippen molar-refractivity contribution in [2.45, 2.75) is 38.3 Å². The third kappa shape index (κ3) is 4.22. The highest BCUT2D eigenvalue weighted by molar-refractivity contribution is 7.89. The summed E-state index contributed by atoms with van der Waals surface area (Å²) in [5.74, 6) is -0.112. The van der Waals surface area contributed by atoms with E-state index in [0.29, 0.717) is 17.9 Å². The standard InChI is InChI=1S/C21H24FN3O4S/c1-5-10-25-20-9-7-16(30(27,28)24(3)4)12-19(20)23-21(25)13-29-15-6-8-17(14(2)26)18(22)11-15/h6-9,11-12H,5,10,13H2,1-4H3. The predicted molar refractivity (Wildman–Crippen MR) is 112 cm³/mol. The van der Waals surface area contributed by atoms with Crippen molar-refractivity contribution in [1.82, 2.24) is 13.9 Å². The Hall–Kier alpha value is -2.78. The molecule has 0 aliphatic carbocycles. The van der Waals surface area contributed by atoms with E-state index in [4.69, 9.17) is 4.74 Å². The maximum atomic E-state index is 14.0. The predicted octanol–water partition coefficient (Wildman–Crippen LogP) is 3.62. The van der Waals surface area contributed by atoms with Gasteiger partial charge in [-0.2, -0.15) is 0 Å². The van der Waals surface area contributed by atoms with Gasteiger partial charge in [-0.3, -0.25) is 4.79 Å². The van der Waals surface area contributed by atoms with Crippen LogP contribution < -0.4 is 4.74 Å². The molecule has 160 valence electrons. The lowest BCUT2D eigenvalue weighted by atomic mass is 10.1. The van der Waals surface area contributed by atoms with Gasteiger partial charge < -0.3 is 9.30 Å². The Balaban J connectivity index is 1.94. The monoisotopic (exact) mass is 433 g/mol. The molecule has 0 saturated heterocycles. The fraction of sp³-hybridized carbons (Fsp3) is 0.333. The molecule has 0 fully saturated rings. The third-order valence-electron chi connectivity index (χ3n) is 4.71. The molecule has 1 aromatic heterocycles. The van der Waals surface area contributed by atoms with E-state index in [1.807, 2.05) is 11.5 Å². The van der Waals surface area contributed by atoms with Gasteiger partial charge in [-0.1, -0.05) is 6.92 Å². The highest BCUT2D eigenvalue weighted by Crippen LogP contribution is 2.24. The van der Waals surface area contributed by atoms with Crippen LogP contribution in [-0.2, 0) is 23.2 Å². The first-order valence-electron chi connectivity index (χ1n) is 9.50. The average Bonchev–Trinajstić information content (AvgIpc) is 3.03. The molecule has 30 heavy (non-hydrogen) atoms. The van der Waals surface area contributed by atoms with Crippen molar-refractivity contribution in [1.29, 1.82) is 0 Å². The molecule has 0 radical (unpaired) electrons. The molecular formula is C21H24FN3O4S. The van der Waals surface area contributed by atoms with Gasteiger partial charge in [-0.05, 0) is 43.7 Å². The highest BCUT2D eigenvalue weighted by Gasteiger charge is 2.20. The largest absolute Gasteiger partial charge is 0.486 e. The number of imidazole rings is 1. The lowest BCUT2D eigenvalue weighted by Crippen LogP contribution is -2.22. The fourth-order valence-corrected chi connectivity index (χ4v) is 4.06. The molecule has 0 bridgehead atoms. The zero-order valence-electron chi connectivity index (χ0n) is 17.3. The number of carbonyl (C=O) groups excluding carboxylic acids is 1. The number of nitrogens with zero attached hydrogens (tertiary/aromatic N) is 3. The van der Waals surface area contributed by atoms with E-state index >= 15 is 0 Å². The second kappa shape index (κ2) is 8.53. The number of aryl methyl sites for hydroxylation is 1. The molecule has 0 aliphatic heterocycles. The first-order valence-corrected chi connectivity index (χ1v) is 10.9. The molecule has 0 atom stereocenters. The van der Waals surface area contributed by atoms with E-state index < -0.39 is 15.8 Å². The van der Waals surface area contributed by atoms with Crippen LogP contribution in [0.1, 0.15) is 36.5 Å². The molecule has 0 unspecified atom stereocenters. The zero-order valence-corrected chi connectivity index (χ0v) is 18.2. The summed E-state index contributed by atoms with van der Waals surface area (Å²) in [7, 11) is -0.617. The minimum Gasteiger partial charge on any atom is -0.486 e. The first kappa shape index (κ1) is 21.9. The summed E-state index contributed by atoms with van der Waals surface area (Å²) in [5, 5.41) is 0. The molecule has 0 N–H and O–H groups in total. The number of halogens is 1. The van der Waals surface area contributed by atoms with Crippen molar-refractivity contribution >= 4 is 26.8 Å². The topological polar surface area (TPSA) is 81.5 Å². The van der Waals surface area contributed by atoms with Crippen molar-refractivity contribution < 1.29 is 22.3 Å². The number of ketones is 1. The summed E-state index contributed by atoms with van der Waals surface area (Å²) in [6, 6.07) is 8.94. The number of sulfonamides is 1. The van der Waals surface area contributed by atoms with Gasteiger partial charge in [0.1, 0.15) is 24.0 Å². The third-order valence-corrected chi connectivity index (χ3v) is 6.52. The molecule has 1 heterocycles. The van der Waals surface area contributed by atoms with Gasteiger partial charge in [-0.15, -0.1) is 0 Å². The summed E-state index contributed by atoms with van der Waals surface area (Å²) in [6.07, 6.45) is 0.845. The summed E-state index contributed by atoms with van der Waals surface area (Å²) in [6.45, 7) is 4.07. The lowest BCUT2D eigenvalue weighted by Gasteiger charge is -2.11. The molecule has 3 aromatic rings. The Bertz CT molecular complexity index is 1200. The van der Waals surface area contributed by atoms with Crippen molar-refractivity contribution in [3.8, 4) is 5.75 Å². The Labute approximate surface area is 175 Å². The van der Waals surface area contributed by atoms with Crippen LogP contribution in [-0.4, -0.2) is 42.2 Å². The minimum absolute atomic E-state index is 0.00945. The van der Waals surface area contributed by atoms with E-state index in [-0.39, 0.29) is 28.6 Å². The fourth-order valence-electron chi connectivity index (χ4n) is 3.13. The number of benzene rings is 2. The Kier molecular flexibility index (Phi) is 6.23. The number of fused-ring (bicyclic) bond motifs is 1. The van der Waals surface area contributed by atoms with E-state index in [1.165, 1.54) is 39.2 Å². The van der Waals surface area contributed by atoms with Crippen LogP contribution in [0.2, 0.25) is 0 Å². The number of carbonyl (C=O) groups is 1. The van der Waals surface area contributed by atoms with Gasteiger partial charge in [0.15, 0.2) is 5.78 Å². The van der Waals surface area contributed by atoms with Gasteiger partial charge >= 0.3 is 0 Å². The molecule has 0 amide bonds. The maximum Gasteiger partial charge on any atom is 0.242 e. The lowest BCUT2D eigenvalue weighted by molar-refractivity contribution is 0.101. The zero-order chi connectivity index (χ0) is 22.1. The number of aromatic nitrogens is 2. The van der Waals surface area contributed by atoms with Gasteiger partial charge in [0, 0.05) is 26.7 Å². The van der Waals surface area contributed by atoms with Crippen LogP contribution in [0, 0.1) is 5.82 Å². The van der Waals surface area contributed by atoms with E-state index in [1.54, 1.807) is 18.2 Å². The molecule has 0 aliphatic rings. The maximum absolute atomic E-state index is 14.0. The Morgan fingerprint density at radius 2 is 1.93 bits per heavy atom. The number of Topliss-reactive ketones (excluding diaryl/α,β-unsaturated/α-hetero) is 1. The molecule has 0 saturated carbocycles. The summed E-state index contributed by atoms with van der Waals surface area (Å²) >= 11 is 0. The van der Waals surface area contributed by atoms with Crippen LogP contribution in [0.25, 0.3) is 11.0 Å². The molecule has 3 rings (SSSR count). The molecule has 2 aromatic carbocycles. The van der Waals surface area contributed by atoms with Gasteiger partial charge in [0.25, 0.3) is 0 Å². The second-order valence-electron chi connectivity index (χ2n) is 7.10. The van der Waals surface area contributed by atoms with Crippen LogP contribution in [0.3, 0.4) is 0 Å². The van der Waals surface area contributed by atoms with Crippen LogP contribution >= 0.6 is 0 Å². The van der Waals surface area contributed by atoms with E-state index in [0.717, 1.165) is 16.2 Å². The minimum atomic E-state index is -3.57. The number of hydrogen-bond acceptors (Lipinski definition) is 5. The quantitative estimate of drug-likeness (QED) is 0.507. The van der Waals surface area contributed by atoms with Gasteiger partial charge in [0.05, 0.1) is 21.5 Å². The normalized spacial score (nSPS) is 11.9. The molecular weight excluding hydrogens is 409 g/mol. The molecule has 9 heteroatoms. The number of ether oxygens (including phenoxy) is 1. The molecule has 0 spiro atoms. The van der Waals surface area contributed by atoms with Crippen LogP contribution in [0.15, 0.2) is 41.3 Å². The van der Waals surface area contributed by atoms with Crippen molar-refractivity contribution in [3.05, 3.63) is 53.6 Å². The van der Waals surface area contributed by atoms with Crippen molar-refractivity contribution in [2.75, 3.05) is 14.1 Å². The second-order valence-corrected chi connectivity index (χ2v) is 9.26. The number of hydrogen-bond donors (Lipinski definition) is 0. The van der Waals surface area contributed by atoms with Crippen molar-refractivity contribution in [2.24, 2.45) is 0 Å². The van der Waals surface area contributed by atoms with Crippen LogP contribution in [0.5, 0.6) is 5.75 Å². The number of rotatable bonds is 8. The smallest absolute Gasteiger partial charge is 0.242 e.